The Morgan fingerprint density at radius 1 is 1.38 bits per heavy atom. The lowest BCUT2D eigenvalue weighted by Gasteiger charge is -2.19. The Labute approximate surface area is 124 Å². The van der Waals surface area contributed by atoms with Crippen molar-refractivity contribution in [2.24, 2.45) is 0 Å². The van der Waals surface area contributed by atoms with Crippen LogP contribution >= 0.6 is 0 Å². The summed E-state index contributed by atoms with van der Waals surface area (Å²) in [5.74, 6) is 0.994. The molecule has 2 aromatic rings. The Morgan fingerprint density at radius 3 is 2.86 bits per heavy atom. The summed E-state index contributed by atoms with van der Waals surface area (Å²) in [4.78, 5) is 6.00. The third-order valence-electron chi connectivity index (χ3n) is 3.84. The van der Waals surface area contributed by atoms with Gasteiger partial charge < -0.3 is 14.6 Å². The van der Waals surface area contributed by atoms with E-state index in [-0.39, 0.29) is 5.82 Å². The van der Waals surface area contributed by atoms with Crippen LogP contribution in [-0.4, -0.2) is 18.1 Å². The maximum atomic E-state index is 14.6. The van der Waals surface area contributed by atoms with Gasteiger partial charge in [-0.05, 0) is 31.9 Å². The van der Waals surface area contributed by atoms with Crippen molar-refractivity contribution in [3.05, 3.63) is 47.3 Å². The molecule has 1 aliphatic carbocycles. The standard InChI is InChI=1S/C16H20FN3O/c1-11-13(6-8-21-11)10-20(2)16-15(17)12(5-7-18-16)9-19-14-3-4-14/h5-8,14,19H,3-4,9-10H2,1-2H3. The summed E-state index contributed by atoms with van der Waals surface area (Å²) in [6.45, 7) is 3.04. The minimum Gasteiger partial charge on any atom is -0.469 e. The maximum absolute atomic E-state index is 14.6. The van der Waals surface area contributed by atoms with Crippen LogP contribution < -0.4 is 10.2 Å². The molecule has 0 amide bonds. The number of anilines is 1. The zero-order valence-electron chi connectivity index (χ0n) is 12.4. The second-order valence-electron chi connectivity index (χ2n) is 5.62. The predicted molar refractivity (Wildman–Crippen MR) is 79.6 cm³/mol. The first-order valence-corrected chi connectivity index (χ1v) is 7.26. The lowest BCUT2D eigenvalue weighted by molar-refractivity contribution is 0.528. The quantitative estimate of drug-likeness (QED) is 0.887. The van der Waals surface area contributed by atoms with Gasteiger partial charge in [0.15, 0.2) is 11.6 Å². The fourth-order valence-corrected chi connectivity index (χ4v) is 2.32. The van der Waals surface area contributed by atoms with E-state index in [2.05, 4.69) is 10.3 Å². The van der Waals surface area contributed by atoms with Crippen LogP contribution in [0.5, 0.6) is 0 Å². The van der Waals surface area contributed by atoms with Crippen molar-refractivity contribution in [3.8, 4) is 0 Å². The van der Waals surface area contributed by atoms with Gasteiger partial charge in [0.05, 0.1) is 6.26 Å². The summed E-state index contributed by atoms with van der Waals surface area (Å²) in [6.07, 6.45) is 5.71. The van der Waals surface area contributed by atoms with E-state index in [9.17, 15) is 4.39 Å². The van der Waals surface area contributed by atoms with E-state index in [1.165, 1.54) is 12.8 Å². The Bertz CT molecular complexity index is 622. The minimum absolute atomic E-state index is 0.241. The van der Waals surface area contributed by atoms with Crippen molar-refractivity contribution in [3.63, 3.8) is 0 Å². The second-order valence-corrected chi connectivity index (χ2v) is 5.62. The van der Waals surface area contributed by atoms with Crippen LogP contribution in [-0.2, 0) is 13.1 Å². The summed E-state index contributed by atoms with van der Waals surface area (Å²) in [7, 11) is 1.84. The molecule has 0 aliphatic heterocycles. The van der Waals surface area contributed by atoms with Crippen molar-refractivity contribution in [1.82, 2.24) is 10.3 Å². The monoisotopic (exact) mass is 289 g/mol. The van der Waals surface area contributed by atoms with Crippen LogP contribution in [0.3, 0.4) is 0 Å². The van der Waals surface area contributed by atoms with Crippen LogP contribution in [0.1, 0.15) is 29.7 Å². The van der Waals surface area contributed by atoms with Gasteiger partial charge in [0.25, 0.3) is 0 Å². The molecule has 0 aromatic carbocycles. The molecular weight excluding hydrogens is 269 g/mol. The molecule has 2 heterocycles. The van der Waals surface area contributed by atoms with Gasteiger partial charge in [0.1, 0.15) is 5.76 Å². The molecule has 112 valence electrons. The smallest absolute Gasteiger partial charge is 0.170 e. The molecule has 0 atom stereocenters. The van der Waals surface area contributed by atoms with E-state index in [1.807, 2.05) is 24.9 Å². The molecule has 0 radical (unpaired) electrons. The van der Waals surface area contributed by atoms with E-state index in [0.717, 1.165) is 11.3 Å². The molecule has 21 heavy (non-hydrogen) atoms. The molecule has 1 fully saturated rings. The third kappa shape index (κ3) is 3.24. The molecule has 1 saturated carbocycles. The second kappa shape index (κ2) is 5.85. The molecule has 4 nitrogen and oxygen atoms in total. The van der Waals surface area contributed by atoms with Crippen molar-refractivity contribution < 1.29 is 8.81 Å². The number of halogens is 1. The number of nitrogens with one attached hydrogen (secondary N) is 1. The van der Waals surface area contributed by atoms with Crippen LogP contribution in [0.25, 0.3) is 0 Å². The summed E-state index contributed by atoms with van der Waals surface area (Å²) in [5, 5.41) is 3.33. The van der Waals surface area contributed by atoms with Gasteiger partial charge >= 0.3 is 0 Å². The van der Waals surface area contributed by atoms with E-state index < -0.39 is 0 Å². The fourth-order valence-electron chi connectivity index (χ4n) is 2.32. The Hall–Kier alpha value is -1.88. The lowest BCUT2D eigenvalue weighted by atomic mass is 10.2. The number of pyridine rings is 1. The summed E-state index contributed by atoms with van der Waals surface area (Å²) in [6, 6.07) is 4.21. The number of furan rings is 1. The zero-order chi connectivity index (χ0) is 14.8. The number of hydrogen-bond acceptors (Lipinski definition) is 4. The first-order chi connectivity index (χ1) is 10.1. The van der Waals surface area contributed by atoms with Crippen LogP contribution in [0.2, 0.25) is 0 Å². The lowest BCUT2D eigenvalue weighted by Crippen LogP contribution is -2.21. The number of nitrogens with zero attached hydrogens (tertiary/aromatic N) is 2. The van der Waals surface area contributed by atoms with Gasteiger partial charge in [-0.15, -0.1) is 0 Å². The Morgan fingerprint density at radius 2 is 2.19 bits per heavy atom. The first-order valence-electron chi connectivity index (χ1n) is 7.26. The molecule has 0 saturated heterocycles. The van der Waals surface area contributed by atoms with Crippen molar-refractivity contribution in [2.45, 2.75) is 38.9 Å². The first kappa shape index (κ1) is 14.1. The van der Waals surface area contributed by atoms with E-state index in [4.69, 9.17) is 4.42 Å². The molecule has 1 N–H and O–H groups in total. The van der Waals surface area contributed by atoms with E-state index >= 15 is 0 Å². The zero-order valence-corrected chi connectivity index (χ0v) is 12.4. The number of hydrogen-bond donors (Lipinski definition) is 1. The topological polar surface area (TPSA) is 41.3 Å². The molecule has 0 unspecified atom stereocenters. The number of rotatable bonds is 6. The number of aryl methyl sites for hydroxylation is 1. The highest BCUT2D eigenvalue weighted by Gasteiger charge is 2.21. The summed E-state index contributed by atoms with van der Waals surface area (Å²) in [5.41, 5.74) is 1.71. The molecule has 3 rings (SSSR count). The largest absolute Gasteiger partial charge is 0.469 e. The third-order valence-corrected chi connectivity index (χ3v) is 3.84. The van der Waals surface area contributed by atoms with Gasteiger partial charge in [-0.2, -0.15) is 0 Å². The molecule has 0 spiro atoms. The Kier molecular flexibility index (Phi) is 3.92. The van der Waals surface area contributed by atoms with Gasteiger partial charge in [-0.3, -0.25) is 0 Å². The average Bonchev–Trinajstić information content (AvgIpc) is 3.21. The minimum atomic E-state index is -0.241. The van der Waals surface area contributed by atoms with E-state index in [0.29, 0.717) is 30.5 Å². The average molecular weight is 289 g/mol. The molecule has 2 aromatic heterocycles. The van der Waals surface area contributed by atoms with Crippen molar-refractivity contribution in [2.75, 3.05) is 11.9 Å². The van der Waals surface area contributed by atoms with Crippen LogP contribution in [0, 0.1) is 12.7 Å². The normalized spacial score (nSPS) is 14.4. The predicted octanol–water partition coefficient (Wildman–Crippen LogP) is 3.01. The highest BCUT2D eigenvalue weighted by Crippen LogP contribution is 2.23. The summed E-state index contributed by atoms with van der Waals surface area (Å²) < 4.78 is 19.8. The van der Waals surface area contributed by atoms with E-state index in [1.54, 1.807) is 18.5 Å². The highest BCUT2D eigenvalue weighted by molar-refractivity contribution is 5.43. The van der Waals surface area contributed by atoms with Gasteiger partial charge in [0.2, 0.25) is 0 Å². The van der Waals surface area contributed by atoms with Crippen molar-refractivity contribution >= 4 is 5.82 Å². The van der Waals surface area contributed by atoms with Crippen LogP contribution in [0.4, 0.5) is 10.2 Å². The molecular formula is C16H20FN3O. The summed E-state index contributed by atoms with van der Waals surface area (Å²) >= 11 is 0. The fraction of sp³-hybridized carbons (Fsp3) is 0.438. The van der Waals surface area contributed by atoms with Gasteiger partial charge in [-0.1, -0.05) is 0 Å². The SMILES string of the molecule is Cc1occc1CN(C)c1nccc(CNC2CC2)c1F. The number of aromatic nitrogens is 1. The highest BCUT2D eigenvalue weighted by atomic mass is 19.1. The molecule has 5 heteroatoms. The van der Waals surface area contributed by atoms with Gasteiger partial charge in [-0.25, -0.2) is 9.37 Å². The molecule has 0 bridgehead atoms. The maximum Gasteiger partial charge on any atom is 0.170 e. The van der Waals surface area contributed by atoms with Gasteiger partial charge in [0, 0.05) is 43.5 Å². The Balaban J connectivity index is 1.74. The van der Waals surface area contributed by atoms with Crippen LogP contribution in [0.15, 0.2) is 29.0 Å². The van der Waals surface area contributed by atoms with Crippen molar-refractivity contribution in [1.29, 1.82) is 0 Å². The molecule has 1 aliphatic rings.